The number of methoxy groups -OCH3 is 3. The van der Waals surface area contributed by atoms with E-state index in [2.05, 4.69) is 16.0 Å². The van der Waals surface area contributed by atoms with Crippen LogP contribution in [-0.2, 0) is 0 Å². The van der Waals surface area contributed by atoms with Gasteiger partial charge in [0.25, 0.3) is 0 Å². The van der Waals surface area contributed by atoms with Crippen LogP contribution in [0.25, 0.3) is 0 Å². The van der Waals surface area contributed by atoms with Crippen LogP contribution in [-0.4, -0.2) is 57.9 Å². The minimum absolute atomic E-state index is 0.146. The molecule has 0 spiro atoms. The van der Waals surface area contributed by atoms with Crippen LogP contribution in [0.1, 0.15) is 12.8 Å². The third-order valence-corrected chi connectivity index (χ3v) is 5.44. The fraction of sp³-hybridized carbons (Fsp3) is 0.391. The Morgan fingerprint density at radius 3 is 2.28 bits per heavy atom. The van der Waals surface area contributed by atoms with Crippen molar-refractivity contribution in [3.8, 4) is 17.2 Å². The predicted molar refractivity (Wildman–Crippen MR) is 123 cm³/mol. The summed E-state index contributed by atoms with van der Waals surface area (Å²) >= 11 is 0. The number of carbonyl (C=O) groups excluding carboxylic acids is 2. The van der Waals surface area contributed by atoms with Crippen molar-refractivity contribution in [1.82, 2.24) is 10.2 Å². The largest absolute Gasteiger partial charge is 0.495 e. The van der Waals surface area contributed by atoms with Gasteiger partial charge in [-0.25, -0.2) is 9.59 Å². The number of hydrogen-bond donors (Lipinski definition) is 3. The SMILES string of the molecule is COc1ccccc1NC(=O)N1CCC(CNC(=O)Nc2ccc(OC)c(OC)c2)CC1. The number of rotatable bonds is 7. The van der Waals surface area contributed by atoms with Crippen LogP contribution in [0.4, 0.5) is 21.0 Å². The predicted octanol–water partition coefficient (Wildman–Crippen LogP) is 3.78. The van der Waals surface area contributed by atoms with Crippen molar-refractivity contribution in [3.05, 3.63) is 42.5 Å². The first-order chi connectivity index (χ1) is 15.5. The van der Waals surface area contributed by atoms with E-state index in [0.29, 0.717) is 54.2 Å². The summed E-state index contributed by atoms with van der Waals surface area (Å²) in [4.78, 5) is 26.6. The number of nitrogens with one attached hydrogen (secondary N) is 3. The molecule has 0 radical (unpaired) electrons. The molecule has 172 valence electrons. The van der Waals surface area contributed by atoms with Crippen molar-refractivity contribution in [1.29, 1.82) is 0 Å². The van der Waals surface area contributed by atoms with Gasteiger partial charge in [-0.2, -0.15) is 0 Å². The van der Waals surface area contributed by atoms with Gasteiger partial charge in [-0.15, -0.1) is 0 Å². The number of urea groups is 2. The highest BCUT2D eigenvalue weighted by Gasteiger charge is 2.23. The molecule has 0 bridgehead atoms. The highest BCUT2D eigenvalue weighted by atomic mass is 16.5. The number of amides is 4. The van der Waals surface area contributed by atoms with Gasteiger partial charge in [-0.3, -0.25) is 0 Å². The summed E-state index contributed by atoms with van der Waals surface area (Å²) < 4.78 is 15.7. The standard InChI is InChI=1S/C23H30N4O5/c1-30-19-7-5-4-6-18(19)26-23(29)27-12-10-16(11-13-27)15-24-22(28)25-17-8-9-20(31-2)21(14-17)32-3/h4-9,14,16H,10-13,15H2,1-3H3,(H,26,29)(H2,24,25,28). The van der Waals surface area contributed by atoms with Crippen LogP contribution < -0.4 is 30.2 Å². The molecule has 0 atom stereocenters. The summed E-state index contributed by atoms with van der Waals surface area (Å²) in [5.74, 6) is 2.07. The molecular formula is C23H30N4O5. The summed E-state index contributed by atoms with van der Waals surface area (Å²) in [5, 5.41) is 8.61. The topological polar surface area (TPSA) is 101 Å². The number of carbonyl (C=O) groups is 2. The smallest absolute Gasteiger partial charge is 0.321 e. The minimum Gasteiger partial charge on any atom is -0.495 e. The van der Waals surface area contributed by atoms with Crippen LogP contribution in [0, 0.1) is 5.92 Å². The van der Waals surface area contributed by atoms with E-state index in [1.807, 2.05) is 18.2 Å². The molecule has 1 saturated heterocycles. The quantitative estimate of drug-likeness (QED) is 0.606. The van der Waals surface area contributed by atoms with Gasteiger partial charge in [0.1, 0.15) is 5.75 Å². The zero-order valence-electron chi connectivity index (χ0n) is 18.6. The number of para-hydroxylation sites is 2. The maximum atomic E-state index is 12.6. The lowest BCUT2D eigenvalue weighted by molar-refractivity contribution is 0.181. The first-order valence-corrected chi connectivity index (χ1v) is 10.5. The van der Waals surface area contributed by atoms with Gasteiger partial charge < -0.3 is 35.1 Å². The van der Waals surface area contributed by atoms with Gasteiger partial charge >= 0.3 is 12.1 Å². The Hall–Kier alpha value is -3.62. The molecule has 9 heteroatoms. The average Bonchev–Trinajstić information content (AvgIpc) is 2.83. The highest BCUT2D eigenvalue weighted by molar-refractivity contribution is 5.91. The molecule has 1 fully saturated rings. The second-order valence-corrected chi connectivity index (χ2v) is 7.47. The summed E-state index contributed by atoms with van der Waals surface area (Å²) in [6, 6.07) is 12.1. The average molecular weight is 443 g/mol. The summed E-state index contributed by atoms with van der Waals surface area (Å²) in [6.07, 6.45) is 1.63. The molecule has 9 nitrogen and oxygen atoms in total. The van der Waals surface area contributed by atoms with Crippen LogP contribution in [0.3, 0.4) is 0 Å². The van der Waals surface area contributed by atoms with Crippen molar-refractivity contribution >= 4 is 23.4 Å². The van der Waals surface area contributed by atoms with Crippen molar-refractivity contribution in [3.63, 3.8) is 0 Å². The monoisotopic (exact) mass is 442 g/mol. The molecule has 0 unspecified atom stereocenters. The van der Waals surface area contributed by atoms with Crippen molar-refractivity contribution in [2.75, 3.05) is 51.6 Å². The van der Waals surface area contributed by atoms with Crippen LogP contribution in [0.5, 0.6) is 17.2 Å². The first-order valence-electron chi connectivity index (χ1n) is 10.5. The zero-order chi connectivity index (χ0) is 22.9. The lowest BCUT2D eigenvalue weighted by Gasteiger charge is -2.32. The molecule has 1 heterocycles. The fourth-order valence-corrected chi connectivity index (χ4v) is 3.61. The molecule has 1 aliphatic rings. The van der Waals surface area contributed by atoms with E-state index in [4.69, 9.17) is 14.2 Å². The minimum atomic E-state index is -0.284. The van der Waals surface area contributed by atoms with Crippen LogP contribution >= 0.6 is 0 Å². The number of anilines is 2. The Bertz CT molecular complexity index is 928. The van der Waals surface area contributed by atoms with E-state index in [0.717, 1.165) is 12.8 Å². The Morgan fingerprint density at radius 2 is 1.59 bits per heavy atom. The van der Waals surface area contributed by atoms with Gasteiger partial charge in [0, 0.05) is 31.4 Å². The van der Waals surface area contributed by atoms with Gasteiger partial charge in [0.15, 0.2) is 11.5 Å². The Labute approximate surface area is 188 Å². The Morgan fingerprint density at radius 1 is 0.906 bits per heavy atom. The fourth-order valence-electron chi connectivity index (χ4n) is 3.61. The van der Waals surface area contributed by atoms with E-state index in [1.165, 1.54) is 0 Å². The molecule has 1 aliphatic heterocycles. The third kappa shape index (κ3) is 5.96. The Balaban J connectivity index is 1.42. The molecule has 2 aromatic carbocycles. The van der Waals surface area contributed by atoms with Crippen LogP contribution in [0.15, 0.2) is 42.5 Å². The van der Waals surface area contributed by atoms with Gasteiger partial charge in [0.05, 0.1) is 27.0 Å². The second kappa shape index (κ2) is 11.1. The molecule has 32 heavy (non-hydrogen) atoms. The molecule has 0 saturated carbocycles. The maximum Gasteiger partial charge on any atom is 0.321 e. The van der Waals surface area contributed by atoms with Crippen LogP contribution in [0.2, 0.25) is 0 Å². The van der Waals surface area contributed by atoms with Crippen molar-refractivity contribution in [2.24, 2.45) is 5.92 Å². The maximum absolute atomic E-state index is 12.6. The summed E-state index contributed by atoms with van der Waals surface area (Å²) in [6.45, 7) is 1.80. The molecule has 3 N–H and O–H groups in total. The Kier molecular flexibility index (Phi) is 8.02. The lowest BCUT2D eigenvalue weighted by Crippen LogP contribution is -2.43. The summed E-state index contributed by atoms with van der Waals surface area (Å²) in [7, 11) is 4.68. The van der Waals surface area contributed by atoms with Crippen molar-refractivity contribution < 1.29 is 23.8 Å². The van der Waals surface area contributed by atoms with E-state index >= 15 is 0 Å². The number of nitrogens with zero attached hydrogens (tertiary/aromatic N) is 1. The first kappa shape index (κ1) is 23.1. The molecule has 0 aliphatic carbocycles. The van der Waals surface area contributed by atoms with E-state index in [1.54, 1.807) is 50.5 Å². The molecule has 4 amide bonds. The van der Waals surface area contributed by atoms with E-state index < -0.39 is 0 Å². The highest BCUT2D eigenvalue weighted by Crippen LogP contribution is 2.29. The third-order valence-electron chi connectivity index (χ3n) is 5.44. The van der Waals surface area contributed by atoms with Gasteiger partial charge in [0.2, 0.25) is 0 Å². The van der Waals surface area contributed by atoms with E-state index in [-0.39, 0.29) is 12.1 Å². The normalized spacial score (nSPS) is 13.8. The molecule has 0 aromatic heterocycles. The van der Waals surface area contributed by atoms with E-state index in [9.17, 15) is 9.59 Å². The number of hydrogen-bond acceptors (Lipinski definition) is 5. The zero-order valence-corrected chi connectivity index (χ0v) is 18.6. The summed E-state index contributed by atoms with van der Waals surface area (Å²) in [5.41, 5.74) is 1.26. The number of likely N-dealkylation sites (tertiary alicyclic amines) is 1. The number of ether oxygens (including phenoxy) is 3. The molecule has 3 rings (SSSR count). The van der Waals surface area contributed by atoms with Gasteiger partial charge in [-0.1, -0.05) is 12.1 Å². The number of benzene rings is 2. The number of piperidine rings is 1. The van der Waals surface area contributed by atoms with Gasteiger partial charge in [-0.05, 0) is 43.0 Å². The lowest BCUT2D eigenvalue weighted by atomic mass is 9.97. The molecule has 2 aromatic rings. The second-order valence-electron chi connectivity index (χ2n) is 7.47. The van der Waals surface area contributed by atoms with Crippen molar-refractivity contribution in [2.45, 2.75) is 12.8 Å². The molecular weight excluding hydrogens is 412 g/mol.